The number of carbonyl (C=O) groups excluding carboxylic acids is 1. The van der Waals surface area contributed by atoms with Crippen molar-refractivity contribution in [3.63, 3.8) is 0 Å². The molecule has 3 aromatic carbocycles. The summed E-state index contributed by atoms with van der Waals surface area (Å²) in [6.45, 7) is 3.37. The molecule has 0 aromatic heterocycles. The standard InChI is InChI=1S/C29H27BrN4O6S/c1-32-28(35)26(41-29(32)31-21-5-9-22(10-6-21)33-11-13-39-14-12-33)17-20-15-24(30)27(25(16-20)38-2)40-18-19-3-7-23(8-4-19)34(36)37/h3-10,15-17H,11-14,18H2,1-2H3/b26-17-,31-29?. The molecular formula is C29H27BrN4O6S. The van der Waals surface area contributed by atoms with Gasteiger partial charge in [0.1, 0.15) is 6.61 Å². The van der Waals surface area contributed by atoms with Gasteiger partial charge in [0.25, 0.3) is 11.6 Å². The van der Waals surface area contributed by atoms with Crippen molar-refractivity contribution in [2.75, 3.05) is 45.4 Å². The Hall–Kier alpha value is -3.87. The largest absolute Gasteiger partial charge is 0.493 e. The van der Waals surface area contributed by atoms with E-state index in [0.717, 1.165) is 48.8 Å². The SMILES string of the molecule is COc1cc(/C=C2\SC(=Nc3ccc(N4CCOCC4)cc3)N(C)C2=O)cc(Br)c1OCc1ccc([N+](=O)[O-])cc1. The van der Waals surface area contributed by atoms with E-state index >= 15 is 0 Å². The Labute approximate surface area is 249 Å². The van der Waals surface area contributed by atoms with E-state index in [9.17, 15) is 14.9 Å². The number of ether oxygens (including phenoxy) is 3. The van der Waals surface area contributed by atoms with Crippen LogP contribution in [0.1, 0.15) is 11.1 Å². The first-order chi connectivity index (χ1) is 19.8. The van der Waals surface area contributed by atoms with Crippen molar-refractivity contribution in [3.05, 3.63) is 91.3 Å². The summed E-state index contributed by atoms with van der Waals surface area (Å²) < 4.78 is 17.6. The van der Waals surface area contributed by atoms with Gasteiger partial charge in [0.05, 0.1) is 40.3 Å². The Kier molecular flexibility index (Phi) is 8.91. The Morgan fingerprint density at radius 1 is 1.12 bits per heavy atom. The van der Waals surface area contributed by atoms with Crippen molar-refractivity contribution in [1.82, 2.24) is 4.90 Å². The van der Waals surface area contributed by atoms with Crippen LogP contribution in [0.3, 0.4) is 0 Å². The van der Waals surface area contributed by atoms with E-state index in [1.165, 1.54) is 31.0 Å². The minimum Gasteiger partial charge on any atom is -0.493 e. The molecule has 0 saturated carbocycles. The van der Waals surface area contributed by atoms with Gasteiger partial charge >= 0.3 is 0 Å². The molecule has 1 amide bonds. The van der Waals surface area contributed by atoms with Gasteiger partial charge in [-0.15, -0.1) is 0 Å². The van der Waals surface area contributed by atoms with Crippen LogP contribution in [0.4, 0.5) is 17.1 Å². The van der Waals surface area contributed by atoms with E-state index in [2.05, 4.69) is 20.8 Å². The molecule has 0 bridgehead atoms. The lowest BCUT2D eigenvalue weighted by Crippen LogP contribution is -2.36. The molecule has 10 nitrogen and oxygen atoms in total. The average molecular weight is 640 g/mol. The second-order valence-corrected chi connectivity index (χ2v) is 11.1. The molecule has 2 fully saturated rings. The molecule has 0 N–H and O–H groups in total. The van der Waals surface area contributed by atoms with Gasteiger partial charge in [-0.2, -0.15) is 0 Å². The van der Waals surface area contributed by atoms with Crippen molar-refractivity contribution < 1.29 is 23.9 Å². The molecule has 5 rings (SSSR count). The summed E-state index contributed by atoms with van der Waals surface area (Å²) in [5.74, 6) is 0.816. The van der Waals surface area contributed by atoms with Gasteiger partial charge < -0.3 is 19.1 Å². The van der Waals surface area contributed by atoms with Gasteiger partial charge in [0.15, 0.2) is 16.7 Å². The molecule has 2 aliphatic heterocycles. The smallest absolute Gasteiger partial charge is 0.269 e. The number of nitro groups is 1. The fourth-order valence-corrected chi connectivity index (χ4v) is 5.87. The summed E-state index contributed by atoms with van der Waals surface area (Å²) in [5.41, 5.74) is 3.43. The molecule has 2 heterocycles. The lowest BCUT2D eigenvalue weighted by atomic mass is 10.1. The van der Waals surface area contributed by atoms with Gasteiger partial charge in [0.2, 0.25) is 0 Å². The van der Waals surface area contributed by atoms with E-state index < -0.39 is 4.92 Å². The molecule has 0 spiro atoms. The van der Waals surface area contributed by atoms with Crippen LogP contribution in [0.15, 0.2) is 75.0 Å². The fourth-order valence-electron chi connectivity index (χ4n) is 4.31. The summed E-state index contributed by atoms with van der Waals surface area (Å²) in [5, 5.41) is 11.5. The number of amides is 1. The number of halogens is 1. The first-order valence-corrected chi connectivity index (χ1v) is 14.4. The van der Waals surface area contributed by atoms with Crippen molar-refractivity contribution in [2.45, 2.75) is 6.61 Å². The number of anilines is 1. The number of nitro benzene ring substituents is 1. The highest BCUT2D eigenvalue weighted by atomic mass is 79.9. The third kappa shape index (κ3) is 6.72. The molecule has 0 aliphatic carbocycles. The number of thioether (sulfide) groups is 1. The number of benzene rings is 3. The lowest BCUT2D eigenvalue weighted by molar-refractivity contribution is -0.384. The highest BCUT2D eigenvalue weighted by molar-refractivity contribution is 9.10. The molecule has 212 valence electrons. The maximum atomic E-state index is 13.0. The highest BCUT2D eigenvalue weighted by Crippen LogP contribution is 2.40. The minimum absolute atomic E-state index is 0.0183. The van der Waals surface area contributed by atoms with Crippen LogP contribution in [0, 0.1) is 10.1 Å². The number of nitrogens with zero attached hydrogens (tertiary/aromatic N) is 4. The maximum Gasteiger partial charge on any atom is 0.269 e. The van der Waals surface area contributed by atoms with Gasteiger partial charge in [-0.25, -0.2) is 4.99 Å². The second kappa shape index (κ2) is 12.8. The number of rotatable bonds is 8. The van der Waals surface area contributed by atoms with Gasteiger partial charge in [-0.05, 0) is 93.4 Å². The highest BCUT2D eigenvalue weighted by Gasteiger charge is 2.30. The summed E-state index contributed by atoms with van der Waals surface area (Å²) in [7, 11) is 3.25. The molecule has 2 saturated heterocycles. The van der Waals surface area contributed by atoms with E-state index in [-0.39, 0.29) is 18.2 Å². The Bertz CT molecular complexity index is 1500. The number of morpholine rings is 1. The van der Waals surface area contributed by atoms with Crippen molar-refractivity contribution in [3.8, 4) is 11.5 Å². The molecule has 3 aromatic rings. The second-order valence-electron chi connectivity index (χ2n) is 9.23. The van der Waals surface area contributed by atoms with Crippen LogP contribution < -0.4 is 14.4 Å². The third-order valence-corrected chi connectivity index (χ3v) is 8.18. The third-order valence-electron chi connectivity index (χ3n) is 6.53. The zero-order valence-corrected chi connectivity index (χ0v) is 24.8. The maximum absolute atomic E-state index is 13.0. The molecular weight excluding hydrogens is 612 g/mol. The number of hydrogen-bond donors (Lipinski definition) is 0. The lowest BCUT2D eigenvalue weighted by Gasteiger charge is -2.28. The average Bonchev–Trinajstić information content (AvgIpc) is 3.24. The van der Waals surface area contributed by atoms with Crippen LogP contribution in [-0.4, -0.2) is 61.4 Å². The zero-order chi connectivity index (χ0) is 28.9. The van der Waals surface area contributed by atoms with Crippen LogP contribution in [0.5, 0.6) is 11.5 Å². The first-order valence-electron chi connectivity index (χ1n) is 12.7. The molecule has 12 heteroatoms. The van der Waals surface area contributed by atoms with Gasteiger partial charge in [-0.3, -0.25) is 19.8 Å². The van der Waals surface area contributed by atoms with Gasteiger partial charge in [-0.1, -0.05) is 0 Å². The molecule has 0 atom stereocenters. The predicted molar refractivity (Wildman–Crippen MR) is 163 cm³/mol. The van der Waals surface area contributed by atoms with Crippen LogP contribution >= 0.6 is 27.7 Å². The monoisotopic (exact) mass is 638 g/mol. The van der Waals surface area contributed by atoms with E-state index in [1.807, 2.05) is 30.3 Å². The summed E-state index contributed by atoms with van der Waals surface area (Å²) in [6, 6.07) is 17.8. The molecule has 0 radical (unpaired) electrons. The number of methoxy groups -OCH3 is 1. The van der Waals surface area contributed by atoms with Crippen LogP contribution in [0.2, 0.25) is 0 Å². The molecule has 0 unspecified atom stereocenters. The number of amidine groups is 1. The number of aliphatic imine (C=N–C) groups is 1. The van der Waals surface area contributed by atoms with E-state index in [4.69, 9.17) is 19.2 Å². The number of likely N-dealkylation sites (N-methyl/N-ethyl adjacent to an activating group) is 1. The number of non-ortho nitro benzene ring substituents is 1. The normalized spacial score (nSPS) is 17.4. The Balaban J connectivity index is 1.30. The summed E-state index contributed by atoms with van der Waals surface area (Å²) in [4.78, 5) is 32.5. The van der Waals surface area contributed by atoms with Crippen molar-refractivity contribution >= 4 is 61.9 Å². The van der Waals surface area contributed by atoms with Crippen molar-refractivity contribution in [2.24, 2.45) is 4.99 Å². The van der Waals surface area contributed by atoms with Crippen LogP contribution in [0.25, 0.3) is 6.08 Å². The number of hydrogen-bond acceptors (Lipinski definition) is 9. The predicted octanol–water partition coefficient (Wildman–Crippen LogP) is 6.02. The first kappa shape index (κ1) is 28.7. The Morgan fingerprint density at radius 2 is 1.83 bits per heavy atom. The van der Waals surface area contributed by atoms with Crippen molar-refractivity contribution in [1.29, 1.82) is 0 Å². The van der Waals surface area contributed by atoms with Gasteiger partial charge in [0, 0.05) is 38.0 Å². The Morgan fingerprint density at radius 3 is 2.49 bits per heavy atom. The summed E-state index contributed by atoms with van der Waals surface area (Å²) >= 11 is 4.86. The quantitative estimate of drug-likeness (QED) is 0.168. The molecule has 2 aliphatic rings. The number of carbonyl (C=O) groups is 1. The summed E-state index contributed by atoms with van der Waals surface area (Å²) in [6.07, 6.45) is 1.79. The van der Waals surface area contributed by atoms with Crippen LogP contribution in [-0.2, 0) is 16.1 Å². The van der Waals surface area contributed by atoms with E-state index in [1.54, 1.807) is 36.2 Å². The zero-order valence-electron chi connectivity index (χ0n) is 22.4. The molecule has 41 heavy (non-hydrogen) atoms. The minimum atomic E-state index is -0.443. The van der Waals surface area contributed by atoms with E-state index in [0.29, 0.717) is 26.0 Å². The topological polar surface area (TPSA) is 107 Å². The fraction of sp³-hybridized carbons (Fsp3) is 0.241.